The number of carbonyl (C=O) groups excluding carboxylic acids is 1. The van der Waals surface area contributed by atoms with Crippen LogP contribution in [0.3, 0.4) is 0 Å². The second-order valence-electron chi connectivity index (χ2n) is 6.71. The summed E-state index contributed by atoms with van der Waals surface area (Å²) in [5.74, 6) is 0.850. The van der Waals surface area contributed by atoms with Crippen LogP contribution in [0.2, 0.25) is 5.02 Å². The molecule has 1 heterocycles. The molecule has 156 valence electrons. The molecule has 0 bridgehead atoms. The van der Waals surface area contributed by atoms with Gasteiger partial charge in [0.05, 0.1) is 0 Å². The molecule has 0 radical (unpaired) electrons. The van der Waals surface area contributed by atoms with Crippen LogP contribution in [-0.2, 0) is 16.1 Å². The number of carbonyl (C=O) groups is 1. The first-order valence-electron chi connectivity index (χ1n) is 9.31. The number of benzene rings is 2. The first kappa shape index (κ1) is 21.3. The molecule has 0 aliphatic carbocycles. The van der Waals surface area contributed by atoms with Gasteiger partial charge in [0.1, 0.15) is 5.75 Å². The second-order valence-corrected chi connectivity index (χ2v) is 7.14. The highest BCUT2D eigenvalue weighted by molar-refractivity contribution is 6.30. The van der Waals surface area contributed by atoms with Crippen LogP contribution in [0.15, 0.2) is 48.5 Å². The van der Waals surface area contributed by atoms with Crippen molar-refractivity contribution in [2.45, 2.75) is 26.4 Å². The number of nitrogens with two attached hydrogens (primary N) is 1. The minimum Gasteiger partial charge on any atom is -0.482 e. The maximum atomic E-state index is 12.1. The maximum Gasteiger partial charge on any atom is 0.344 e. The standard InChI is InChI=1S/C21H22ClN5O3/c1-13(2)16-5-3-4-6-17(16)29-12-19(28)30-11-18-25-20(23)27-21(26-18)24-15-9-7-14(22)8-10-15/h3-10,13H,11-12H2,1-2H3,(H3,23,24,25,26,27). The Kier molecular flexibility index (Phi) is 7.03. The third kappa shape index (κ3) is 6.05. The van der Waals surface area contributed by atoms with Gasteiger partial charge >= 0.3 is 5.97 Å². The quantitative estimate of drug-likeness (QED) is 0.517. The third-order valence-corrected chi connectivity index (χ3v) is 4.30. The number of para-hydroxylation sites is 1. The second kappa shape index (κ2) is 9.89. The number of rotatable bonds is 8. The minimum atomic E-state index is -0.542. The molecule has 30 heavy (non-hydrogen) atoms. The van der Waals surface area contributed by atoms with Crippen molar-refractivity contribution in [2.75, 3.05) is 17.7 Å². The van der Waals surface area contributed by atoms with E-state index in [9.17, 15) is 4.79 Å². The molecule has 0 saturated heterocycles. The van der Waals surface area contributed by atoms with E-state index in [1.165, 1.54) is 0 Å². The molecule has 8 nitrogen and oxygen atoms in total. The topological polar surface area (TPSA) is 112 Å². The Balaban J connectivity index is 1.57. The lowest BCUT2D eigenvalue weighted by Gasteiger charge is -2.13. The van der Waals surface area contributed by atoms with E-state index in [4.69, 9.17) is 26.8 Å². The van der Waals surface area contributed by atoms with Gasteiger partial charge in [-0.25, -0.2) is 4.79 Å². The summed E-state index contributed by atoms with van der Waals surface area (Å²) >= 11 is 5.88. The van der Waals surface area contributed by atoms with E-state index in [0.29, 0.717) is 10.8 Å². The fourth-order valence-electron chi connectivity index (χ4n) is 2.63. The summed E-state index contributed by atoms with van der Waals surface area (Å²) in [6.07, 6.45) is 0. The Bertz CT molecular complexity index is 1010. The van der Waals surface area contributed by atoms with Gasteiger partial charge in [-0.3, -0.25) is 0 Å². The van der Waals surface area contributed by atoms with Gasteiger partial charge in [-0.1, -0.05) is 43.6 Å². The van der Waals surface area contributed by atoms with Crippen LogP contribution in [-0.4, -0.2) is 27.5 Å². The van der Waals surface area contributed by atoms with Gasteiger partial charge in [0.2, 0.25) is 11.9 Å². The Hall–Kier alpha value is -3.39. The lowest BCUT2D eigenvalue weighted by atomic mass is 10.0. The monoisotopic (exact) mass is 427 g/mol. The summed E-state index contributed by atoms with van der Waals surface area (Å²) in [5, 5.41) is 3.61. The highest BCUT2D eigenvalue weighted by atomic mass is 35.5. The maximum absolute atomic E-state index is 12.1. The van der Waals surface area contributed by atoms with Crippen LogP contribution < -0.4 is 15.8 Å². The molecular weight excluding hydrogens is 406 g/mol. The van der Waals surface area contributed by atoms with Gasteiger partial charge in [0.15, 0.2) is 19.0 Å². The van der Waals surface area contributed by atoms with Gasteiger partial charge in [-0.2, -0.15) is 15.0 Å². The minimum absolute atomic E-state index is 0.00891. The van der Waals surface area contributed by atoms with Crippen molar-refractivity contribution in [1.82, 2.24) is 15.0 Å². The van der Waals surface area contributed by atoms with Gasteiger partial charge in [-0.15, -0.1) is 0 Å². The number of hydrogen-bond acceptors (Lipinski definition) is 8. The van der Waals surface area contributed by atoms with E-state index in [0.717, 1.165) is 11.3 Å². The summed E-state index contributed by atoms with van der Waals surface area (Å²) in [5.41, 5.74) is 7.48. The first-order chi connectivity index (χ1) is 14.4. The SMILES string of the molecule is CC(C)c1ccccc1OCC(=O)OCc1nc(N)nc(Nc2ccc(Cl)cc2)n1. The van der Waals surface area contributed by atoms with Crippen molar-refractivity contribution in [3.8, 4) is 5.75 Å². The Morgan fingerprint density at radius 1 is 1.10 bits per heavy atom. The fraction of sp³-hybridized carbons (Fsp3) is 0.238. The zero-order chi connectivity index (χ0) is 21.5. The Morgan fingerprint density at radius 3 is 2.57 bits per heavy atom. The zero-order valence-electron chi connectivity index (χ0n) is 16.6. The molecule has 2 aromatic carbocycles. The van der Waals surface area contributed by atoms with Gasteiger partial charge < -0.3 is 20.5 Å². The Morgan fingerprint density at radius 2 is 1.83 bits per heavy atom. The first-order valence-corrected chi connectivity index (χ1v) is 9.69. The molecule has 0 aliphatic rings. The number of nitrogen functional groups attached to an aromatic ring is 1. The Labute approximate surface area is 179 Å². The summed E-state index contributed by atoms with van der Waals surface area (Å²) in [6.45, 7) is 3.74. The van der Waals surface area contributed by atoms with E-state index < -0.39 is 5.97 Å². The number of anilines is 3. The van der Waals surface area contributed by atoms with Gasteiger partial charge in [0.25, 0.3) is 0 Å². The smallest absolute Gasteiger partial charge is 0.344 e. The molecule has 1 aromatic heterocycles. The van der Waals surface area contributed by atoms with Crippen molar-refractivity contribution in [2.24, 2.45) is 0 Å². The van der Waals surface area contributed by atoms with Crippen molar-refractivity contribution in [1.29, 1.82) is 0 Å². The number of hydrogen-bond donors (Lipinski definition) is 2. The normalized spacial score (nSPS) is 10.7. The lowest BCUT2D eigenvalue weighted by molar-refractivity contribution is -0.147. The summed E-state index contributed by atoms with van der Waals surface area (Å²) in [4.78, 5) is 24.3. The van der Waals surface area contributed by atoms with E-state index >= 15 is 0 Å². The van der Waals surface area contributed by atoms with E-state index in [-0.39, 0.29) is 36.9 Å². The summed E-state index contributed by atoms with van der Waals surface area (Å²) < 4.78 is 10.8. The van der Waals surface area contributed by atoms with Crippen LogP contribution in [0.1, 0.15) is 31.2 Å². The summed E-state index contributed by atoms with van der Waals surface area (Å²) in [7, 11) is 0. The van der Waals surface area contributed by atoms with E-state index in [1.54, 1.807) is 24.3 Å². The molecule has 3 aromatic rings. The van der Waals surface area contributed by atoms with Gasteiger partial charge in [-0.05, 0) is 41.8 Å². The molecule has 0 amide bonds. The van der Waals surface area contributed by atoms with Gasteiger partial charge in [0, 0.05) is 10.7 Å². The largest absolute Gasteiger partial charge is 0.482 e. The molecular formula is C21H22ClN5O3. The van der Waals surface area contributed by atoms with Crippen LogP contribution in [0, 0.1) is 0 Å². The molecule has 0 spiro atoms. The number of nitrogens with zero attached hydrogens (tertiary/aromatic N) is 3. The number of halogens is 1. The van der Waals surface area contributed by atoms with Crippen molar-refractivity contribution >= 4 is 35.2 Å². The molecule has 0 unspecified atom stereocenters. The van der Waals surface area contributed by atoms with Crippen molar-refractivity contribution in [3.05, 3.63) is 64.9 Å². The summed E-state index contributed by atoms with van der Waals surface area (Å²) in [6, 6.07) is 14.6. The molecule has 3 N–H and O–H groups in total. The number of nitrogens with one attached hydrogen (secondary N) is 1. The number of aromatic nitrogens is 3. The molecule has 0 atom stereocenters. The van der Waals surface area contributed by atoms with Crippen LogP contribution in [0.5, 0.6) is 5.75 Å². The van der Waals surface area contributed by atoms with E-state index in [1.807, 2.05) is 24.3 Å². The average molecular weight is 428 g/mol. The van der Waals surface area contributed by atoms with Crippen LogP contribution in [0.25, 0.3) is 0 Å². The van der Waals surface area contributed by atoms with Crippen molar-refractivity contribution in [3.63, 3.8) is 0 Å². The highest BCUT2D eigenvalue weighted by Crippen LogP contribution is 2.25. The fourth-order valence-corrected chi connectivity index (χ4v) is 2.76. The van der Waals surface area contributed by atoms with Crippen molar-refractivity contribution < 1.29 is 14.3 Å². The predicted molar refractivity (Wildman–Crippen MR) is 115 cm³/mol. The average Bonchev–Trinajstić information content (AvgIpc) is 2.72. The highest BCUT2D eigenvalue weighted by Gasteiger charge is 2.12. The zero-order valence-corrected chi connectivity index (χ0v) is 17.4. The molecule has 9 heteroatoms. The predicted octanol–water partition coefficient (Wildman–Crippen LogP) is 4.10. The van der Waals surface area contributed by atoms with Crippen LogP contribution in [0.4, 0.5) is 17.6 Å². The number of ether oxygens (including phenoxy) is 2. The van der Waals surface area contributed by atoms with Crippen LogP contribution >= 0.6 is 11.6 Å². The number of esters is 1. The third-order valence-electron chi connectivity index (χ3n) is 4.05. The lowest BCUT2D eigenvalue weighted by Crippen LogP contribution is -2.17. The molecule has 0 saturated carbocycles. The van der Waals surface area contributed by atoms with E-state index in [2.05, 4.69) is 34.1 Å². The molecule has 0 aliphatic heterocycles. The molecule has 0 fully saturated rings. The molecule has 3 rings (SSSR count).